The van der Waals surface area contributed by atoms with E-state index in [1.54, 1.807) is 12.1 Å². The number of nitro benzene ring substituents is 1. The predicted octanol–water partition coefficient (Wildman–Crippen LogP) is 0.582. The first-order valence-corrected chi connectivity index (χ1v) is 5.91. The normalized spacial score (nSPS) is 18.2. The molecule has 1 amide bonds. The van der Waals surface area contributed by atoms with Gasteiger partial charge < -0.3 is 15.4 Å². The summed E-state index contributed by atoms with van der Waals surface area (Å²) < 4.78 is 4.94. The van der Waals surface area contributed by atoms with Crippen LogP contribution in [0.2, 0.25) is 0 Å². The average molecular weight is 265 g/mol. The molecule has 7 heteroatoms. The number of hydrogen-bond donors (Lipinski definition) is 2. The fourth-order valence-electron chi connectivity index (χ4n) is 2.00. The van der Waals surface area contributed by atoms with Crippen LogP contribution in [0.25, 0.3) is 0 Å². The van der Waals surface area contributed by atoms with E-state index in [9.17, 15) is 14.9 Å². The Hall–Kier alpha value is -2.15. The molecular weight excluding hydrogens is 250 g/mol. The molecular formula is C12H15N3O4. The molecule has 0 radical (unpaired) electrons. The topological polar surface area (TPSA) is 93.5 Å². The highest BCUT2D eigenvalue weighted by Crippen LogP contribution is 2.27. The van der Waals surface area contributed by atoms with Crippen molar-refractivity contribution in [1.29, 1.82) is 0 Å². The Balaban J connectivity index is 2.02. The molecule has 7 nitrogen and oxygen atoms in total. The van der Waals surface area contributed by atoms with E-state index in [1.165, 1.54) is 13.2 Å². The van der Waals surface area contributed by atoms with Crippen molar-refractivity contribution in [2.24, 2.45) is 0 Å². The van der Waals surface area contributed by atoms with Gasteiger partial charge in [0.05, 0.1) is 12.0 Å². The van der Waals surface area contributed by atoms with Crippen molar-refractivity contribution >= 4 is 11.6 Å². The number of nitro groups is 1. The van der Waals surface area contributed by atoms with E-state index in [4.69, 9.17) is 4.74 Å². The quantitative estimate of drug-likeness (QED) is 0.600. The van der Waals surface area contributed by atoms with E-state index in [2.05, 4.69) is 10.6 Å². The zero-order valence-electron chi connectivity index (χ0n) is 10.5. The second-order valence-electron chi connectivity index (χ2n) is 4.35. The lowest BCUT2D eigenvalue weighted by Crippen LogP contribution is -2.30. The van der Waals surface area contributed by atoms with Crippen molar-refractivity contribution in [3.05, 3.63) is 33.9 Å². The number of ether oxygens (including phenoxy) is 1. The first-order chi connectivity index (χ1) is 9.10. The molecule has 0 spiro atoms. The van der Waals surface area contributed by atoms with Crippen molar-refractivity contribution in [2.75, 3.05) is 13.7 Å². The third-order valence-electron chi connectivity index (χ3n) is 3.01. The number of rotatable bonds is 5. The van der Waals surface area contributed by atoms with Crippen LogP contribution in [0.4, 0.5) is 5.69 Å². The maximum absolute atomic E-state index is 11.0. The van der Waals surface area contributed by atoms with Crippen LogP contribution in [-0.4, -0.2) is 30.5 Å². The largest absolute Gasteiger partial charge is 0.490 e. The molecule has 1 heterocycles. The fraction of sp³-hybridized carbons (Fsp3) is 0.417. The Morgan fingerprint density at radius 3 is 2.95 bits per heavy atom. The number of amides is 1. The molecule has 1 saturated heterocycles. The Morgan fingerprint density at radius 2 is 2.37 bits per heavy atom. The minimum Gasteiger partial charge on any atom is -0.490 e. The maximum Gasteiger partial charge on any atom is 0.311 e. The van der Waals surface area contributed by atoms with Crippen molar-refractivity contribution in [2.45, 2.75) is 19.0 Å². The van der Waals surface area contributed by atoms with Gasteiger partial charge in [0.1, 0.15) is 0 Å². The molecule has 1 aliphatic rings. The highest BCUT2D eigenvalue weighted by molar-refractivity contribution is 5.78. The molecule has 2 N–H and O–H groups in total. The lowest BCUT2D eigenvalue weighted by Gasteiger charge is -2.10. The molecule has 0 aliphatic carbocycles. The molecule has 1 fully saturated rings. The summed E-state index contributed by atoms with van der Waals surface area (Å²) in [6.07, 6.45) is 0.443. The van der Waals surface area contributed by atoms with Crippen LogP contribution in [0.1, 0.15) is 12.0 Å². The molecule has 2 rings (SSSR count). The molecule has 1 atom stereocenters. The van der Waals surface area contributed by atoms with Crippen LogP contribution in [0.3, 0.4) is 0 Å². The summed E-state index contributed by atoms with van der Waals surface area (Å²) in [4.78, 5) is 21.5. The minimum absolute atomic E-state index is 0.0261. The number of benzene rings is 1. The van der Waals surface area contributed by atoms with Gasteiger partial charge in [0.15, 0.2) is 5.75 Å². The third-order valence-corrected chi connectivity index (χ3v) is 3.01. The van der Waals surface area contributed by atoms with Gasteiger partial charge in [-0.15, -0.1) is 0 Å². The van der Waals surface area contributed by atoms with Gasteiger partial charge >= 0.3 is 5.69 Å². The summed E-state index contributed by atoms with van der Waals surface area (Å²) in [6, 6.07) is 4.90. The molecule has 0 saturated carbocycles. The predicted molar refractivity (Wildman–Crippen MR) is 67.9 cm³/mol. The van der Waals surface area contributed by atoms with E-state index in [-0.39, 0.29) is 23.4 Å². The average Bonchev–Trinajstić information content (AvgIpc) is 2.81. The Kier molecular flexibility index (Phi) is 3.96. The van der Waals surface area contributed by atoms with Gasteiger partial charge in [-0.05, 0) is 11.6 Å². The van der Waals surface area contributed by atoms with Crippen molar-refractivity contribution in [1.82, 2.24) is 10.6 Å². The van der Waals surface area contributed by atoms with Crippen molar-refractivity contribution in [3.63, 3.8) is 0 Å². The van der Waals surface area contributed by atoms with E-state index in [0.29, 0.717) is 19.5 Å². The first-order valence-electron chi connectivity index (χ1n) is 5.91. The van der Waals surface area contributed by atoms with Gasteiger partial charge in [-0.2, -0.15) is 0 Å². The Bertz CT molecular complexity index is 504. The first kappa shape index (κ1) is 13.3. The fourth-order valence-corrected chi connectivity index (χ4v) is 2.00. The van der Waals surface area contributed by atoms with Gasteiger partial charge in [0.2, 0.25) is 5.91 Å². The molecule has 1 aromatic rings. The van der Waals surface area contributed by atoms with E-state index >= 15 is 0 Å². The second kappa shape index (κ2) is 5.66. The zero-order chi connectivity index (χ0) is 13.8. The highest BCUT2D eigenvalue weighted by Gasteiger charge is 2.21. The van der Waals surface area contributed by atoms with Crippen LogP contribution in [0.15, 0.2) is 18.2 Å². The molecule has 1 aromatic carbocycles. The number of nitrogens with zero attached hydrogens (tertiary/aromatic N) is 1. The van der Waals surface area contributed by atoms with Gasteiger partial charge in [0, 0.05) is 31.6 Å². The summed E-state index contributed by atoms with van der Waals surface area (Å²) in [5.41, 5.74) is 0.731. The number of carbonyl (C=O) groups excluding carboxylic acids is 1. The lowest BCUT2D eigenvalue weighted by molar-refractivity contribution is -0.385. The number of hydrogen-bond acceptors (Lipinski definition) is 5. The lowest BCUT2D eigenvalue weighted by atomic mass is 10.1. The SMILES string of the molecule is COc1ccc(CNC2CNC(=O)C2)cc1[N+](=O)[O-]. The molecule has 0 aromatic heterocycles. The maximum atomic E-state index is 11.0. The van der Waals surface area contributed by atoms with Gasteiger partial charge in [-0.1, -0.05) is 6.07 Å². The van der Waals surface area contributed by atoms with E-state index in [1.807, 2.05) is 0 Å². The Morgan fingerprint density at radius 1 is 1.58 bits per heavy atom. The monoisotopic (exact) mass is 265 g/mol. The number of carbonyl (C=O) groups is 1. The second-order valence-corrected chi connectivity index (χ2v) is 4.35. The molecule has 1 aliphatic heterocycles. The van der Waals surface area contributed by atoms with Crippen LogP contribution >= 0.6 is 0 Å². The summed E-state index contributed by atoms with van der Waals surface area (Å²) in [5.74, 6) is 0.268. The zero-order valence-corrected chi connectivity index (χ0v) is 10.5. The summed E-state index contributed by atoms with van der Waals surface area (Å²) >= 11 is 0. The van der Waals surface area contributed by atoms with Crippen LogP contribution in [-0.2, 0) is 11.3 Å². The van der Waals surface area contributed by atoms with Crippen LogP contribution in [0.5, 0.6) is 5.75 Å². The van der Waals surface area contributed by atoms with Crippen LogP contribution < -0.4 is 15.4 Å². The van der Waals surface area contributed by atoms with E-state index < -0.39 is 4.92 Å². The van der Waals surface area contributed by atoms with E-state index in [0.717, 1.165) is 5.56 Å². The molecule has 19 heavy (non-hydrogen) atoms. The standard InChI is InChI=1S/C12H15N3O4/c1-19-11-3-2-8(4-10(11)15(17)18)6-13-9-5-12(16)14-7-9/h2-4,9,13H,5-7H2,1H3,(H,14,16). The van der Waals surface area contributed by atoms with Crippen molar-refractivity contribution in [3.8, 4) is 5.75 Å². The summed E-state index contributed by atoms with van der Waals surface area (Å²) in [6.45, 7) is 1.07. The molecule has 0 bridgehead atoms. The van der Waals surface area contributed by atoms with Gasteiger partial charge in [0.25, 0.3) is 0 Å². The van der Waals surface area contributed by atoms with Crippen molar-refractivity contribution < 1.29 is 14.5 Å². The van der Waals surface area contributed by atoms with Gasteiger partial charge in [-0.25, -0.2) is 0 Å². The molecule has 102 valence electrons. The smallest absolute Gasteiger partial charge is 0.311 e. The molecule has 1 unspecified atom stereocenters. The third kappa shape index (κ3) is 3.19. The number of nitrogens with one attached hydrogen (secondary N) is 2. The number of methoxy groups -OCH3 is 1. The summed E-state index contributed by atoms with van der Waals surface area (Å²) in [5, 5.41) is 16.8. The highest BCUT2D eigenvalue weighted by atomic mass is 16.6. The van der Waals surface area contributed by atoms with Crippen LogP contribution in [0, 0.1) is 10.1 Å². The minimum atomic E-state index is -0.469. The van der Waals surface area contributed by atoms with Gasteiger partial charge in [-0.3, -0.25) is 14.9 Å². The Labute approximate surface area is 110 Å². The summed E-state index contributed by atoms with van der Waals surface area (Å²) in [7, 11) is 1.40.